The van der Waals surface area contributed by atoms with Gasteiger partial charge >= 0.3 is 6.03 Å². The minimum absolute atomic E-state index is 0.208. The molecule has 2 rings (SSSR count). The van der Waals surface area contributed by atoms with Gasteiger partial charge in [0, 0.05) is 13.2 Å². The number of amides is 2. The summed E-state index contributed by atoms with van der Waals surface area (Å²) >= 11 is 0. The number of rotatable bonds is 4. The zero-order chi connectivity index (χ0) is 14.4. The number of nitrogens with zero attached hydrogens (tertiary/aromatic N) is 2. The van der Waals surface area contributed by atoms with Crippen molar-refractivity contribution in [1.29, 1.82) is 0 Å². The summed E-state index contributed by atoms with van der Waals surface area (Å²) < 4.78 is 5.20. The Balaban J connectivity index is 2.01. The lowest BCUT2D eigenvalue weighted by molar-refractivity contribution is 0.220. The van der Waals surface area contributed by atoms with Crippen LogP contribution in [-0.4, -0.2) is 30.1 Å². The molecule has 0 bridgehead atoms. The molecule has 0 saturated heterocycles. The van der Waals surface area contributed by atoms with Crippen molar-refractivity contribution in [2.75, 3.05) is 19.5 Å². The normalized spacial score (nSPS) is 9.90. The number of pyridine rings is 1. The lowest BCUT2D eigenvalue weighted by Crippen LogP contribution is -2.31. The Morgan fingerprint density at radius 2 is 2.00 bits per heavy atom. The van der Waals surface area contributed by atoms with Gasteiger partial charge in [-0.25, -0.2) is 4.79 Å². The molecular weight excluding hydrogens is 254 g/mol. The molecule has 2 amide bonds. The summed E-state index contributed by atoms with van der Waals surface area (Å²) in [6, 6.07) is 12.7. The van der Waals surface area contributed by atoms with Crippen LogP contribution in [0.2, 0.25) is 0 Å². The first-order valence-corrected chi connectivity index (χ1v) is 6.25. The molecule has 0 aliphatic carbocycles. The molecule has 0 aliphatic rings. The Bertz CT molecular complexity index is 572. The Labute approximate surface area is 118 Å². The second kappa shape index (κ2) is 6.56. The minimum atomic E-state index is -0.208. The van der Waals surface area contributed by atoms with Crippen LogP contribution in [0, 0.1) is 0 Å². The van der Waals surface area contributed by atoms with E-state index in [4.69, 9.17) is 4.74 Å². The van der Waals surface area contributed by atoms with Crippen LogP contribution >= 0.6 is 0 Å². The van der Waals surface area contributed by atoms with E-state index in [1.165, 1.54) is 0 Å². The molecular formula is C15H17N3O2. The number of para-hydroxylation sites is 2. The van der Waals surface area contributed by atoms with E-state index in [2.05, 4.69) is 10.3 Å². The van der Waals surface area contributed by atoms with E-state index in [9.17, 15) is 4.79 Å². The summed E-state index contributed by atoms with van der Waals surface area (Å²) in [6.45, 7) is 0.446. The van der Waals surface area contributed by atoms with Gasteiger partial charge in [0.2, 0.25) is 0 Å². The molecule has 0 radical (unpaired) electrons. The van der Waals surface area contributed by atoms with E-state index < -0.39 is 0 Å². The topological polar surface area (TPSA) is 54.5 Å². The highest BCUT2D eigenvalue weighted by Gasteiger charge is 2.12. The summed E-state index contributed by atoms with van der Waals surface area (Å²) in [6.07, 6.45) is 1.71. The number of urea groups is 1. The van der Waals surface area contributed by atoms with Gasteiger partial charge in [-0.3, -0.25) is 4.98 Å². The van der Waals surface area contributed by atoms with Crippen molar-refractivity contribution < 1.29 is 9.53 Å². The maximum absolute atomic E-state index is 12.1. The van der Waals surface area contributed by atoms with Gasteiger partial charge in [-0.1, -0.05) is 18.2 Å². The van der Waals surface area contributed by atoms with Gasteiger partial charge in [-0.15, -0.1) is 0 Å². The number of benzene rings is 1. The van der Waals surface area contributed by atoms with Crippen molar-refractivity contribution >= 4 is 11.7 Å². The van der Waals surface area contributed by atoms with Crippen molar-refractivity contribution in [2.24, 2.45) is 0 Å². The summed E-state index contributed by atoms with van der Waals surface area (Å²) in [5.74, 6) is 0.632. The zero-order valence-electron chi connectivity index (χ0n) is 11.5. The molecule has 0 unspecified atom stereocenters. The van der Waals surface area contributed by atoms with Gasteiger partial charge in [-0.2, -0.15) is 0 Å². The van der Waals surface area contributed by atoms with Gasteiger partial charge in [0.15, 0.2) is 0 Å². The van der Waals surface area contributed by atoms with Crippen LogP contribution < -0.4 is 10.1 Å². The number of carbonyl (C=O) groups excluding carboxylic acids is 1. The van der Waals surface area contributed by atoms with E-state index >= 15 is 0 Å². The number of hydrogen-bond acceptors (Lipinski definition) is 3. The maximum atomic E-state index is 12.1. The van der Waals surface area contributed by atoms with E-state index in [-0.39, 0.29) is 6.03 Å². The number of nitrogens with one attached hydrogen (secondary N) is 1. The molecule has 1 aromatic carbocycles. The lowest BCUT2D eigenvalue weighted by atomic mass is 10.3. The summed E-state index contributed by atoms with van der Waals surface area (Å²) in [7, 11) is 3.29. The molecule has 20 heavy (non-hydrogen) atoms. The molecule has 0 atom stereocenters. The van der Waals surface area contributed by atoms with Gasteiger partial charge in [0.05, 0.1) is 25.0 Å². The summed E-state index contributed by atoms with van der Waals surface area (Å²) in [5, 5.41) is 2.82. The standard InChI is InChI=1S/C15H17N3O2/c1-18(11-12-7-5-6-10-16-12)15(19)17-13-8-3-4-9-14(13)20-2/h3-10H,11H2,1-2H3,(H,17,19). The van der Waals surface area contributed by atoms with Crippen LogP contribution in [0.3, 0.4) is 0 Å². The second-order valence-corrected chi connectivity index (χ2v) is 4.31. The molecule has 1 N–H and O–H groups in total. The molecule has 2 aromatic rings. The fourth-order valence-corrected chi connectivity index (χ4v) is 1.76. The summed E-state index contributed by atoms with van der Waals surface area (Å²) in [5.41, 5.74) is 1.48. The van der Waals surface area contributed by atoms with Crippen molar-refractivity contribution in [2.45, 2.75) is 6.54 Å². The molecule has 1 aromatic heterocycles. The van der Waals surface area contributed by atoms with Crippen LogP contribution in [-0.2, 0) is 6.54 Å². The van der Waals surface area contributed by atoms with Crippen LogP contribution in [0.15, 0.2) is 48.7 Å². The predicted octanol–water partition coefficient (Wildman–Crippen LogP) is 2.75. The molecule has 0 saturated carbocycles. The van der Waals surface area contributed by atoms with E-state index in [0.717, 1.165) is 5.69 Å². The van der Waals surface area contributed by atoms with Gasteiger partial charge < -0.3 is 15.0 Å². The third-order valence-corrected chi connectivity index (χ3v) is 2.82. The molecule has 5 nitrogen and oxygen atoms in total. The van der Waals surface area contributed by atoms with Crippen molar-refractivity contribution in [3.8, 4) is 5.75 Å². The average Bonchev–Trinajstić information content (AvgIpc) is 2.48. The molecule has 0 fully saturated rings. The summed E-state index contributed by atoms with van der Waals surface area (Å²) in [4.78, 5) is 17.9. The highest BCUT2D eigenvalue weighted by atomic mass is 16.5. The second-order valence-electron chi connectivity index (χ2n) is 4.31. The van der Waals surface area contributed by atoms with E-state index in [1.54, 1.807) is 37.4 Å². The Morgan fingerprint density at radius 3 is 2.70 bits per heavy atom. The molecule has 0 aliphatic heterocycles. The molecule has 104 valence electrons. The zero-order valence-corrected chi connectivity index (χ0v) is 11.5. The SMILES string of the molecule is COc1ccccc1NC(=O)N(C)Cc1ccccn1. The Morgan fingerprint density at radius 1 is 1.25 bits per heavy atom. The van der Waals surface area contributed by atoms with E-state index in [1.807, 2.05) is 30.3 Å². The fraction of sp³-hybridized carbons (Fsp3) is 0.200. The number of methoxy groups -OCH3 is 1. The van der Waals surface area contributed by atoms with Crippen molar-refractivity contribution in [3.63, 3.8) is 0 Å². The first kappa shape index (κ1) is 13.9. The quantitative estimate of drug-likeness (QED) is 0.930. The fourth-order valence-electron chi connectivity index (χ4n) is 1.76. The van der Waals surface area contributed by atoms with Gasteiger partial charge in [0.25, 0.3) is 0 Å². The van der Waals surface area contributed by atoms with Gasteiger partial charge in [-0.05, 0) is 24.3 Å². The molecule has 1 heterocycles. The predicted molar refractivity (Wildman–Crippen MR) is 77.7 cm³/mol. The Kier molecular flexibility index (Phi) is 4.55. The smallest absolute Gasteiger partial charge is 0.322 e. The largest absolute Gasteiger partial charge is 0.495 e. The number of hydrogen-bond donors (Lipinski definition) is 1. The third-order valence-electron chi connectivity index (χ3n) is 2.82. The number of anilines is 1. The highest BCUT2D eigenvalue weighted by molar-refractivity contribution is 5.90. The van der Waals surface area contributed by atoms with Crippen molar-refractivity contribution in [1.82, 2.24) is 9.88 Å². The highest BCUT2D eigenvalue weighted by Crippen LogP contribution is 2.23. The van der Waals surface area contributed by atoms with Crippen LogP contribution in [0.4, 0.5) is 10.5 Å². The minimum Gasteiger partial charge on any atom is -0.495 e. The van der Waals surface area contributed by atoms with E-state index in [0.29, 0.717) is 18.0 Å². The third kappa shape index (κ3) is 3.47. The number of carbonyl (C=O) groups is 1. The maximum Gasteiger partial charge on any atom is 0.322 e. The molecule has 5 heteroatoms. The van der Waals surface area contributed by atoms with Gasteiger partial charge in [0.1, 0.15) is 5.75 Å². The Hall–Kier alpha value is -2.56. The average molecular weight is 271 g/mol. The number of ether oxygens (including phenoxy) is 1. The number of aromatic nitrogens is 1. The first-order chi connectivity index (χ1) is 9.70. The molecule has 0 spiro atoms. The first-order valence-electron chi connectivity index (χ1n) is 6.25. The lowest BCUT2D eigenvalue weighted by Gasteiger charge is -2.18. The van der Waals surface area contributed by atoms with Crippen LogP contribution in [0.1, 0.15) is 5.69 Å². The van der Waals surface area contributed by atoms with Crippen LogP contribution in [0.5, 0.6) is 5.75 Å². The van der Waals surface area contributed by atoms with Crippen LogP contribution in [0.25, 0.3) is 0 Å². The van der Waals surface area contributed by atoms with Crippen molar-refractivity contribution in [3.05, 3.63) is 54.4 Å². The monoisotopic (exact) mass is 271 g/mol.